The lowest BCUT2D eigenvalue weighted by molar-refractivity contribution is -0.118. The van der Waals surface area contributed by atoms with Gasteiger partial charge in [-0.3, -0.25) is 4.79 Å². The molecule has 0 aromatic carbocycles. The number of nitrogens with one attached hydrogen (secondary N) is 1. The molecule has 2 unspecified atom stereocenters. The standard InChI is InChI=1S/C5H7Br2NO/c6-3-1-8-2-4(7)5(3)9/h3-4,8H,1-2H2. The summed E-state index contributed by atoms with van der Waals surface area (Å²) in [6, 6.07) is 0. The van der Waals surface area contributed by atoms with Gasteiger partial charge in [-0.15, -0.1) is 0 Å². The van der Waals surface area contributed by atoms with E-state index in [2.05, 4.69) is 37.2 Å². The van der Waals surface area contributed by atoms with Gasteiger partial charge in [-0.25, -0.2) is 0 Å². The lowest BCUT2D eigenvalue weighted by atomic mass is 10.1. The van der Waals surface area contributed by atoms with Crippen LogP contribution in [0, 0.1) is 0 Å². The minimum Gasteiger partial charge on any atom is -0.314 e. The first-order valence-corrected chi connectivity index (χ1v) is 4.57. The first-order valence-electron chi connectivity index (χ1n) is 2.74. The largest absolute Gasteiger partial charge is 0.314 e. The quantitative estimate of drug-likeness (QED) is 0.647. The molecule has 1 aliphatic rings. The van der Waals surface area contributed by atoms with Gasteiger partial charge in [0.2, 0.25) is 0 Å². The van der Waals surface area contributed by atoms with Gasteiger partial charge >= 0.3 is 0 Å². The molecule has 0 aromatic rings. The molecule has 1 heterocycles. The molecule has 0 spiro atoms. The summed E-state index contributed by atoms with van der Waals surface area (Å²) in [5, 5.41) is 3.10. The van der Waals surface area contributed by atoms with Crippen LogP contribution in [0.5, 0.6) is 0 Å². The van der Waals surface area contributed by atoms with E-state index < -0.39 is 0 Å². The molecule has 0 aliphatic carbocycles. The number of rotatable bonds is 0. The number of hydrogen-bond donors (Lipinski definition) is 1. The fourth-order valence-electron chi connectivity index (χ4n) is 0.734. The number of carbonyl (C=O) groups is 1. The number of carbonyl (C=O) groups excluding carboxylic acids is 1. The SMILES string of the molecule is O=C1C(Br)CNCC1Br. The maximum atomic E-state index is 11.0. The van der Waals surface area contributed by atoms with E-state index in [9.17, 15) is 4.79 Å². The zero-order chi connectivity index (χ0) is 6.85. The number of alkyl halides is 2. The van der Waals surface area contributed by atoms with Crippen molar-refractivity contribution in [3.05, 3.63) is 0 Å². The molecule has 2 nitrogen and oxygen atoms in total. The van der Waals surface area contributed by atoms with E-state index in [4.69, 9.17) is 0 Å². The highest BCUT2D eigenvalue weighted by Crippen LogP contribution is 2.12. The molecule has 1 rings (SSSR count). The molecule has 1 saturated heterocycles. The second kappa shape index (κ2) is 3.12. The molecule has 0 radical (unpaired) electrons. The minimum atomic E-state index is -0.00405. The highest BCUT2D eigenvalue weighted by atomic mass is 79.9. The van der Waals surface area contributed by atoms with Gasteiger partial charge in [0.05, 0.1) is 9.65 Å². The van der Waals surface area contributed by atoms with Crippen LogP contribution in [0.25, 0.3) is 0 Å². The van der Waals surface area contributed by atoms with Crippen molar-refractivity contribution in [1.82, 2.24) is 5.32 Å². The Bertz CT molecular complexity index is 116. The highest BCUT2D eigenvalue weighted by Gasteiger charge is 2.26. The second-order valence-electron chi connectivity index (χ2n) is 2.00. The van der Waals surface area contributed by atoms with Crippen molar-refractivity contribution in [2.24, 2.45) is 0 Å². The van der Waals surface area contributed by atoms with E-state index in [1.54, 1.807) is 0 Å². The Balaban J connectivity index is 2.52. The summed E-state index contributed by atoms with van der Waals surface area (Å²) in [4.78, 5) is 11.0. The monoisotopic (exact) mass is 255 g/mol. The highest BCUT2D eigenvalue weighted by molar-refractivity contribution is 9.10. The average Bonchev–Trinajstić information content (AvgIpc) is 1.83. The molecule has 1 N–H and O–H groups in total. The van der Waals surface area contributed by atoms with Crippen LogP contribution in [-0.4, -0.2) is 28.5 Å². The van der Waals surface area contributed by atoms with Crippen LogP contribution in [0.4, 0.5) is 0 Å². The summed E-state index contributed by atoms with van der Waals surface area (Å²) in [6.45, 7) is 1.50. The molecule has 2 atom stereocenters. The predicted octanol–water partition coefficient (Wildman–Crippen LogP) is 0.686. The molecule has 4 heteroatoms. The lowest BCUT2D eigenvalue weighted by Gasteiger charge is -2.20. The van der Waals surface area contributed by atoms with Crippen LogP contribution in [0.1, 0.15) is 0 Å². The first-order chi connectivity index (χ1) is 4.22. The Kier molecular flexibility index (Phi) is 2.67. The lowest BCUT2D eigenvalue weighted by Crippen LogP contribution is -2.45. The molecule has 0 bridgehead atoms. The van der Waals surface area contributed by atoms with Crippen LogP contribution in [0.2, 0.25) is 0 Å². The Morgan fingerprint density at radius 2 is 1.78 bits per heavy atom. The van der Waals surface area contributed by atoms with Crippen molar-refractivity contribution >= 4 is 37.6 Å². The van der Waals surface area contributed by atoms with E-state index in [1.165, 1.54) is 0 Å². The number of Topliss-reactive ketones (excluding diaryl/α,β-unsaturated/α-hetero) is 1. The predicted molar refractivity (Wildman–Crippen MR) is 43.3 cm³/mol. The van der Waals surface area contributed by atoms with Crippen molar-refractivity contribution in [2.75, 3.05) is 13.1 Å². The van der Waals surface area contributed by atoms with E-state index >= 15 is 0 Å². The molecular weight excluding hydrogens is 250 g/mol. The Hall–Kier alpha value is 0.590. The van der Waals surface area contributed by atoms with Crippen LogP contribution in [0.15, 0.2) is 0 Å². The van der Waals surface area contributed by atoms with Crippen molar-refractivity contribution in [1.29, 1.82) is 0 Å². The number of piperidine rings is 1. The van der Waals surface area contributed by atoms with E-state index in [-0.39, 0.29) is 15.4 Å². The molecule has 0 saturated carbocycles. The summed E-state index contributed by atoms with van der Waals surface area (Å²) in [5.74, 6) is 0.244. The van der Waals surface area contributed by atoms with Crippen molar-refractivity contribution in [3.63, 3.8) is 0 Å². The maximum absolute atomic E-state index is 11.0. The fraction of sp³-hybridized carbons (Fsp3) is 0.800. The summed E-state index contributed by atoms with van der Waals surface area (Å²) in [6.07, 6.45) is 0. The maximum Gasteiger partial charge on any atom is 0.162 e. The molecule has 9 heavy (non-hydrogen) atoms. The number of halogens is 2. The number of hydrogen-bond acceptors (Lipinski definition) is 2. The second-order valence-corrected chi connectivity index (χ2v) is 4.21. The van der Waals surface area contributed by atoms with Crippen molar-refractivity contribution < 1.29 is 4.79 Å². The van der Waals surface area contributed by atoms with Crippen LogP contribution in [0.3, 0.4) is 0 Å². The number of ketones is 1. The van der Waals surface area contributed by atoms with Crippen LogP contribution >= 0.6 is 31.9 Å². The summed E-state index contributed by atoms with van der Waals surface area (Å²) < 4.78 is 0. The Labute approximate surface area is 70.6 Å². The van der Waals surface area contributed by atoms with Gasteiger partial charge < -0.3 is 5.32 Å². The third kappa shape index (κ3) is 1.75. The summed E-state index contributed by atoms with van der Waals surface area (Å²) in [5.41, 5.74) is 0. The van der Waals surface area contributed by atoms with Gasteiger partial charge in [0, 0.05) is 13.1 Å². The van der Waals surface area contributed by atoms with E-state index in [1.807, 2.05) is 0 Å². The smallest absolute Gasteiger partial charge is 0.162 e. The summed E-state index contributed by atoms with van der Waals surface area (Å²) >= 11 is 6.50. The zero-order valence-corrected chi connectivity index (χ0v) is 7.91. The van der Waals surface area contributed by atoms with E-state index in [0.717, 1.165) is 13.1 Å². The molecule has 0 amide bonds. The van der Waals surface area contributed by atoms with Gasteiger partial charge in [-0.1, -0.05) is 31.9 Å². The van der Waals surface area contributed by atoms with Gasteiger partial charge in [-0.05, 0) is 0 Å². The zero-order valence-electron chi connectivity index (χ0n) is 4.73. The summed E-state index contributed by atoms with van der Waals surface area (Å²) in [7, 11) is 0. The van der Waals surface area contributed by atoms with Gasteiger partial charge in [0.1, 0.15) is 0 Å². The van der Waals surface area contributed by atoms with Crippen molar-refractivity contribution in [2.45, 2.75) is 9.65 Å². The fourth-order valence-corrected chi connectivity index (χ4v) is 2.18. The van der Waals surface area contributed by atoms with Crippen LogP contribution < -0.4 is 5.32 Å². The van der Waals surface area contributed by atoms with Gasteiger partial charge in [-0.2, -0.15) is 0 Å². The molecule has 52 valence electrons. The van der Waals surface area contributed by atoms with Crippen LogP contribution in [-0.2, 0) is 4.79 Å². The molecule has 0 aromatic heterocycles. The molecule has 1 aliphatic heterocycles. The first kappa shape index (κ1) is 7.69. The average molecular weight is 257 g/mol. The Morgan fingerprint density at radius 3 is 2.11 bits per heavy atom. The third-order valence-electron chi connectivity index (χ3n) is 1.26. The van der Waals surface area contributed by atoms with Gasteiger partial charge in [0.15, 0.2) is 5.78 Å². The third-order valence-corrected chi connectivity index (χ3v) is 2.81. The van der Waals surface area contributed by atoms with Gasteiger partial charge in [0.25, 0.3) is 0 Å². The minimum absolute atomic E-state index is 0.00405. The molecular formula is C5H7Br2NO. The molecule has 1 fully saturated rings. The van der Waals surface area contributed by atoms with E-state index in [0.29, 0.717) is 0 Å². The normalized spacial score (nSPS) is 36.9. The Morgan fingerprint density at radius 1 is 1.33 bits per heavy atom. The van der Waals surface area contributed by atoms with Crippen molar-refractivity contribution in [3.8, 4) is 0 Å². The topological polar surface area (TPSA) is 29.1 Å².